The van der Waals surface area contributed by atoms with E-state index in [1.807, 2.05) is 0 Å². The Hall–Kier alpha value is -2.70. The van der Waals surface area contributed by atoms with Gasteiger partial charge in [0, 0.05) is 22.0 Å². The van der Waals surface area contributed by atoms with Crippen LogP contribution in [0.4, 0.5) is 17.1 Å². The molecular weight excluding hydrogens is 576 g/mol. The van der Waals surface area contributed by atoms with E-state index in [0.29, 0.717) is 28.5 Å². The molecule has 0 unspecified atom stereocenters. The standard InChI is InChI=1S/C26H21Cl2N3O6S.Na/c1-3-14-11-23(38(34,35)36)22(13-20(14)28)30-31-24-17-7-5-4-6-15(17)10-18(25(24)32)26(33)29-21-12-16(37-2)8-9-19(21)27;/h4-13,32H,3H2,1-2H3,(H,29,33)(H,34,35,36);/q;+1/p-1. The summed E-state index contributed by atoms with van der Waals surface area (Å²) in [6, 6.07) is 15.2. The van der Waals surface area contributed by atoms with Gasteiger partial charge in [0.1, 0.15) is 16.3 Å². The van der Waals surface area contributed by atoms with Crippen molar-refractivity contribution in [1.29, 1.82) is 0 Å². The number of nitrogens with zero attached hydrogens (tertiary/aromatic N) is 2. The summed E-state index contributed by atoms with van der Waals surface area (Å²) in [5.74, 6) is -1.06. The smallest absolute Gasteiger partial charge is 0.870 e. The molecule has 0 spiro atoms. The molecule has 39 heavy (non-hydrogen) atoms. The van der Waals surface area contributed by atoms with E-state index >= 15 is 0 Å². The summed E-state index contributed by atoms with van der Waals surface area (Å²) in [5.41, 5.74) is -0.0117. The molecule has 0 fully saturated rings. The average molecular weight is 596 g/mol. The van der Waals surface area contributed by atoms with Crippen LogP contribution in [0.5, 0.6) is 11.5 Å². The Labute approximate surface area is 256 Å². The van der Waals surface area contributed by atoms with E-state index in [1.54, 1.807) is 37.3 Å². The molecule has 0 aliphatic carbocycles. The average Bonchev–Trinajstić information content (AvgIpc) is 2.88. The first kappa shape index (κ1) is 30.8. The zero-order valence-corrected chi connectivity index (χ0v) is 25.4. The second kappa shape index (κ2) is 12.6. The molecule has 1 amide bonds. The van der Waals surface area contributed by atoms with E-state index in [0.717, 1.165) is 0 Å². The van der Waals surface area contributed by atoms with Gasteiger partial charge >= 0.3 is 29.6 Å². The summed E-state index contributed by atoms with van der Waals surface area (Å²) in [4.78, 5) is 12.6. The third kappa shape index (κ3) is 6.72. The van der Waals surface area contributed by atoms with E-state index in [4.69, 9.17) is 27.9 Å². The number of ether oxygens (including phenoxy) is 1. The molecule has 13 heteroatoms. The van der Waals surface area contributed by atoms with Crippen molar-refractivity contribution < 1.29 is 57.2 Å². The van der Waals surface area contributed by atoms with Gasteiger partial charge in [0.15, 0.2) is 0 Å². The van der Waals surface area contributed by atoms with Crippen LogP contribution >= 0.6 is 23.2 Å². The molecular formula is C26H20Cl2N3NaO6S. The van der Waals surface area contributed by atoms with Crippen molar-refractivity contribution in [3.8, 4) is 11.5 Å². The molecule has 2 N–H and O–H groups in total. The van der Waals surface area contributed by atoms with Crippen molar-refractivity contribution in [2.75, 3.05) is 12.4 Å². The molecule has 9 nitrogen and oxygen atoms in total. The molecule has 0 atom stereocenters. The summed E-state index contributed by atoms with van der Waals surface area (Å²) in [6.45, 7) is 1.77. The van der Waals surface area contributed by atoms with E-state index in [-0.39, 0.29) is 62.2 Å². The Bertz CT molecular complexity index is 1710. The van der Waals surface area contributed by atoms with Crippen molar-refractivity contribution in [3.63, 3.8) is 0 Å². The van der Waals surface area contributed by atoms with Crippen LogP contribution < -0.4 is 44.7 Å². The number of rotatable bonds is 7. The maximum Gasteiger partial charge on any atom is 1.00 e. The Morgan fingerprint density at radius 3 is 2.44 bits per heavy atom. The van der Waals surface area contributed by atoms with Crippen molar-refractivity contribution in [3.05, 3.63) is 81.8 Å². The number of carbonyl (C=O) groups excluding carboxylic acids is 1. The van der Waals surface area contributed by atoms with Crippen LogP contribution in [0, 0.1) is 0 Å². The van der Waals surface area contributed by atoms with Gasteiger partial charge in [0.2, 0.25) is 0 Å². The van der Waals surface area contributed by atoms with Crippen LogP contribution in [0.25, 0.3) is 10.8 Å². The molecule has 0 aromatic heterocycles. The van der Waals surface area contributed by atoms with Crippen LogP contribution in [0.1, 0.15) is 22.8 Å². The Kier molecular flexibility index (Phi) is 10.0. The fourth-order valence-electron chi connectivity index (χ4n) is 3.74. The SMILES string of the molecule is CCc1cc(S(=O)(=O)O)c(N=Nc2c([O-])c(C(=O)Nc3cc(OC)ccc3Cl)cc3ccccc23)cc1Cl.[Na+]. The molecule has 0 saturated heterocycles. The molecule has 4 rings (SSSR count). The predicted molar refractivity (Wildman–Crippen MR) is 144 cm³/mol. The number of amides is 1. The normalized spacial score (nSPS) is 11.4. The van der Waals surface area contributed by atoms with Gasteiger partial charge in [-0.05, 0) is 47.7 Å². The van der Waals surface area contributed by atoms with Crippen molar-refractivity contribution in [1.82, 2.24) is 0 Å². The van der Waals surface area contributed by atoms with Gasteiger partial charge in [0.25, 0.3) is 16.0 Å². The fraction of sp³-hybridized carbons (Fsp3) is 0.115. The van der Waals surface area contributed by atoms with Gasteiger partial charge in [-0.1, -0.05) is 60.1 Å². The van der Waals surface area contributed by atoms with Crippen LogP contribution in [0.15, 0.2) is 75.8 Å². The summed E-state index contributed by atoms with van der Waals surface area (Å²) >= 11 is 12.4. The maximum atomic E-state index is 13.4. The topological polar surface area (TPSA) is 140 Å². The van der Waals surface area contributed by atoms with Gasteiger partial charge in [-0.15, -0.1) is 5.11 Å². The molecule has 0 aliphatic rings. The van der Waals surface area contributed by atoms with Crippen LogP contribution in [-0.2, 0) is 16.5 Å². The first-order valence-electron chi connectivity index (χ1n) is 11.1. The summed E-state index contributed by atoms with van der Waals surface area (Å²) in [6.07, 6.45) is 0.405. The third-order valence-electron chi connectivity index (χ3n) is 5.69. The minimum absolute atomic E-state index is 0. The largest absolute Gasteiger partial charge is 1.00 e. The summed E-state index contributed by atoms with van der Waals surface area (Å²) in [7, 11) is -3.22. The van der Waals surface area contributed by atoms with Gasteiger partial charge in [-0.25, -0.2) is 0 Å². The fourth-order valence-corrected chi connectivity index (χ4v) is 4.85. The van der Waals surface area contributed by atoms with Crippen LogP contribution in [0.3, 0.4) is 0 Å². The molecule has 196 valence electrons. The number of hydrogen-bond donors (Lipinski definition) is 2. The van der Waals surface area contributed by atoms with E-state index in [2.05, 4.69) is 15.5 Å². The molecule has 0 radical (unpaired) electrons. The van der Waals surface area contributed by atoms with E-state index < -0.39 is 26.7 Å². The Balaban J connectivity index is 0.00000420. The first-order valence-corrected chi connectivity index (χ1v) is 13.3. The number of nitrogens with one attached hydrogen (secondary N) is 1. The number of benzene rings is 4. The number of carbonyl (C=O) groups is 1. The number of fused-ring (bicyclic) bond motifs is 1. The van der Waals surface area contributed by atoms with Crippen molar-refractivity contribution >= 4 is 67.1 Å². The minimum Gasteiger partial charge on any atom is -0.870 e. The number of halogens is 2. The maximum absolute atomic E-state index is 13.4. The Morgan fingerprint density at radius 2 is 1.77 bits per heavy atom. The summed E-state index contributed by atoms with van der Waals surface area (Å²) in [5, 5.41) is 25.3. The van der Waals surface area contributed by atoms with Gasteiger partial charge in [0.05, 0.1) is 23.5 Å². The number of hydrogen-bond acceptors (Lipinski definition) is 7. The van der Waals surface area contributed by atoms with Gasteiger partial charge in [-0.3, -0.25) is 9.35 Å². The van der Waals surface area contributed by atoms with Crippen LogP contribution in [-0.4, -0.2) is 26.0 Å². The summed E-state index contributed by atoms with van der Waals surface area (Å²) < 4.78 is 38.9. The first-order chi connectivity index (χ1) is 18.0. The van der Waals surface area contributed by atoms with Gasteiger partial charge in [-0.2, -0.15) is 13.5 Å². The quantitative estimate of drug-likeness (QED) is 0.189. The molecule has 4 aromatic rings. The molecule has 0 bridgehead atoms. The number of methoxy groups -OCH3 is 1. The number of anilines is 1. The van der Waals surface area contributed by atoms with Crippen molar-refractivity contribution in [2.45, 2.75) is 18.2 Å². The van der Waals surface area contributed by atoms with E-state index in [9.17, 15) is 22.9 Å². The molecule has 0 saturated carbocycles. The monoisotopic (exact) mass is 595 g/mol. The minimum atomic E-state index is -4.68. The zero-order chi connectivity index (χ0) is 27.6. The predicted octanol–water partition coefficient (Wildman–Crippen LogP) is 3.71. The van der Waals surface area contributed by atoms with E-state index in [1.165, 1.54) is 37.4 Å². The Morgan fingerprint density at radius 1 is 1.05 bits per heavy atom. The number of aryl methyl sites for hydroxylation is 1. The number of azo groups is 1. The van der Waals surface area contributed by atoms with Gasteiger partial charge < -0.3 is 15.2 Å². The molecule has 0 heterocycles. The zero-order valence-electron chi connectivity index (χ0n) is 21.0. The third-order valence-corrected chi connectivity index (χ3v) is 7.25. The van der Waals surface area contributed by atoms with Crippen molar-refractivity contribution in [2.24, 2.45) is 10.2 Å². The second-order valence-electron chi connectivity index (χ2n) is 8.06. The molecule has 0 aliphatic heterocycles. The second-order valence-corrected chi connectivity index (χ2v) is 10.3. The molecule has 4 aromatic carbocycles. The van der Waals surface area contributed by atoms with Crippen LogP contribution in [0.2, 0.25) is 10.0 Å².